The molecule has 4 nitrogen and oxygen atoms in total. The molecule has 1 amide bonds. The van der Waals surface area contributed by atoms with E-state index >= 15 is 0 Å². The predicted octanol–water partition coefficient (Wildman–Crippen LogP) is 4.64. The van der Waals surface area contributed by atoms with Crippen LogP contribution in [0.4, 0.5) is 5.82 Å². The number of nitrogens with one attached hydrogen (secondary N) is 1. The maximum absolute atomic E-state index is 12.3. The third-order valence-corrected chi connectivity index (χ3v) is 4.45. The lowest BCUT2D eigenvalue weighted by Gasteiger charge is -2.10. The molecule has 122 valence electrons. The standard InChI is InChI=1S/C18H15Br2N3O/c19-15-5-1-3-13(9-15)11-18(24)22-17-7-8-21-23(17)12-14-4-2-6-16(20)10-14/h1-10H,11-12H2,(H,22,24). The van der Waals surface area contributed by atoms with E-state index in [0.29, 0.717) is 18.8 Å². The quantitative estimate of drug-likeness (QED) is 0.618. The number of hydrogen-bond acceptors (Lipinski definition) is 2. The summed E-state index contributed by atoms with van der Waals surface area (Å²) < 4.78 is 3.76. The first-order valence-electron chi connectivity index (χ1n) is 7.41. The van der Waals surface area contributed by atoms with Gasteiger partial charge in [0, 0.05) is 15.0 Å². The van der Waals surface area contributed by atoms with Crippen molar-refractivity contribution in [3.8, 4) is 0 Å². The fraction of sp³-hybridized carbons (Fsp3) is 0.111. The second-order valence-electron chi connectivity index (χ2n) is 5.36. The molecule has 3 aromatic rings. The van der Waals surface area contributed by atoms with E-state index in [4.69, 9.17) is 0 Å². The van der Waals surface area contributed by atoms with E-state index in [1.807, 2.05) is 48.5 Å². The molecule has 0 unspecified atom stereocenters. The Morgan fingerprint density at radius 1 is 1.00 bits per heavy atom. The Bertz CT molecular complexity index is 861. The van der Waals surface area contributed by atoms with Gasteiger partial charge in [-0.2, -0.15) is 5.10 Å². The number of carbonyl (C=O) groups excluding carboxylic acids is 1. The molecule has 3 rings (SSSR count). The summed E-state index contributed by atoms with van der Waals surface area (Å²) >= 11 is 6.88. The van der Waals surface area contributed by atoms with Crippen LogP contribution in [0.3, 0.4) is 0 Å². The van der Waals surface area contributed by atoms with Crippen LogP contribution in [0.25, 0.3) is 0 Å². The third kappa shape index (κ3) is 4.55. The van der Waals surface area contributed by atoms with Gasteiger partial charge in [0.05, 0.1) is 19.2 Å². The van der Waals surface area contributed by atoms with Crippen LogP contribution in [0.5, 0.6) is 0 Å². The van der Waals surface area contributed by atoms with Gasteiger partial charge in [-0.25, -0.2) is 4.68 Å². The zero-order valence-electron chi connectivity index (χ0n) is 12.7. The normalized spacial score (nSPS) is 10.6. The van der Waals surface area contributed by atoms with Crippen LogP contribution in [0.15, 0.2) is 69.7 Å². The van der Waals surface area contributed by atoms with Crippen LogP contribution < -0.4 is 5.32 Å². The number of aromatic nitrogens is 2. The highest BCUT2D eigenvalue weighted by molar-refractivity contribution is 9.10. The maximum atomic E-state index is 12.3. The van der Waals surface area contributed by atoms with E-state index < -0.39 is 0 Å². The molecule has 0 bridgehead atoms. The van der Waals surface area contributed by atoms with Crippen LogP contribution in [0, 0.1) is 0 Å². The molecule has 0 atom stereocenters. The van der Waals surface area contributed by atoms with Gasteiger partial charge in [0.2, 0.25) is 5.91 Å². The minimum atomic E-state index is -0.0657. The van der Waals surface area contributed by atoms with E-state index in [0.717, 1.165) is 20.1 Å². The minimum Gasteiger partial charge on any atom is -0.311 e. The summed E-state index contributed by atoms with van der Waals surface area (Å²) in [7, 11) is 0. The van der Waals surface area contributed by atoms with Crippen LogP contribution in [0.1, 0.15) is 11.1 Å². The summed E-state index contributed by atoms with van der Waals surface area (Å²) in [5, 5.41) is 7.22. The van der Waals surface area contributed by atoms with Crippen molar-refractivity contribution < 1.29 is 4.79 Å². The number of anilines is 1. The molecule has 0 saturated carbocycles. The highest BCUT2D eigenvalue weighted by Crippen LogP contribution is 2.16. The van der Waals surface area contributed by atoms with Crippen LogP contribution in [-0.2, 0) is 17.8 Å². The van der Waals surface area contributed by atoms with Gasteiger partial charge < -0.3 is 5.32 Å². The first kappa shape index (κ1) is 16.9. The van der Waals surface area contributed by atoms with Gasteiger partial charge >= 0.3 is 0 Å². The average Bonchev–Trinajstić information content (AvgIpc) is 2.94. The number of benzene rings is 2. The minimum absolute atomic E-state index is 0.0657. The largest absolute Gasteiger partial charge is 0.311 e. The third-order valence-electron chi connectivity index (χ3n) is 3.46. The van der Waals surface area contributed by atoms with Crippen molar-refractivity contribution in [3.63, 3.8) is 0 Å². The predicted molar refractivity (Wildman–Crippen MR) is 102 cm³/mol. The molecule has 0 aliphatic carbocycles. The van der Waals surface area contributed by atoms with Crippen molar-refractivity contribution in [3.05, 3.63) is 80.9 Å². The highest BCUT2D eigenvalue weighted by Gasteiger charge is 2.09. The molecule has 6 heteroatoms. The second kappa shape index (κ2) is 7.77. The smallest absolute Gasteiger partial charge is 0.229 e. The summed E-state index contributed by atoms with van der Waals surface area (Å²) in [5.41, 5.74) is 2.07. The van der Waals surface area contributed by atoms with E-state index in [-0.39, 0.29) is 5.91 Å². The van der Waals surface area contributed by atoms with E-state index in [1.54, 1.807) is 16.9 Å². The van der Waals surface area contributed by atoms with Crippen LogP contribution in [0.2, 0.25) is 0 Å². The Hall–Kier alpha value is -1.92. The molecule has 1 aromatic heterocycles. The van der Waals surface area contributed by atoms with Gasteiger partial charge in [0.1, 0.15) is 5.82 Å². The topological polar surface area (TPSA) is 46.9 Å². The van der Waals surface area contributed by atoms with E-state index in [2.05, 4.69) is 42.3 Å². The summed E-state index contributed by atoms with van der Waals surface area (Å²) in [4.78, 5) is 12.3. The van der Waals surface area contributed by atoms with Crippen LogP contribution >= 0.6 is 31.9 Å². The molecule has 1 heterocycles. The lowest BCUT2D eigenvalue weighted by atomic mass is 10.1. The van der Waals surface area contributed by atoms with Crippen molar-refractivity contribution in [2.75, 3.05) is 5.32 Å². The van der Waals surface area contributed by atoms with Crippen molar-refractivity contribution in [2.24, 2.45) is 0 Å². The van der Waals surface area contributed by atoms with Crippen molar-refractivity contribution in [1.29, 1.82) is 0 Å². The SMILES string of the molecule is O=C(Cc1cccc(Br)c1)Nc1ccnn1Cc1cccc(Br)c1. The molecule has 0 aliphatic rings. The monoisotopic (exact) mass is 447 g/mol. The molecule has 24 heavy (non-hydrogen) atoms. The first-order valence-corrected chi connectivity index (χ1v) is 8.99. The maximum Gasteiger partial charge on any atom is 0.229 e. The Labute approximate surface area is 157 Å². The molecular formula is C18H15Br2N3O. The summed E-state index contributed by atoms with van der Waals surface area (Å²) in [6.45, 7) is 0.596. The number of carbonyl (C=O) groups is 1. The Morgan fingerprint density at radius 2 is 1.67 bits per heavy atom. The summed E-state index contributed by atoms with van der Waals surface area (Å²) in [6.07, 6.45) is 2.01. The Morgan fingerprint density at radius 3 is 2.38 bits per heavy atom. The highest BCUT2D eigenvalue weighted by atomic mass is 79.9. The van der Waals surface area contributed by atoms with Gasteiger partial charge in [-0.1, -0.05) is 56.1 Å². The number of rotatable bonds is 5. The molecule has 1 N–H and O–H groups in total. The van der Waals surface area contributed by atoms with E-state index in [9.17, 15) is 4.79 Å². The van der Waals surface area contributed by atoms with Gasteiger partial charge in [-0.15, -0.1) is 0 Å². The number of nitrogens with zero attached hydrogens (tertiary/aromatic N) is 2. The number of halogens is 2. The molecule has 0 spiro atoms. The number of amides is 1. The average molecular weight is 449 g/mol. The van der Waals surface area contributed by atoms with Gasteiger partial charge in [-0.3, -0.25) is 4.79 Å². The second-order valence-corrected chi connectivity index (χ2v) is 7.19. The molecular weight excluding hydrogens is 434 g/mol. The summed E-state index contributed by atoms with van der Waals surface area (Å²) in [6, 6.07) is 17.6. The molecule has 0 saturated heterocycles. The lowest BCUT2D eigenvalue weighted by Crippen LogP contribution is -2.18. The molecule has 0 radical (unpaired) electrons. The molecule has 2 aromatic carbocycles. The first-order chi connectivity index (χ1) is 11.6. The molecule has 0 aliphatic heterocycles. The molecule has 0 fully saturated rings. The lowest BCUT2D eigenvalue weighted by molar-refractivity contribution is -0.115. The van der Waals surface area contributed by atoms with Crippen molar-refractivity contribution in [1.82, 2.24) is 9.78 Å². The zero-order valence-corrected chi connectivity index (χ0v) is 15.9. The van der Waals surface area contributed by atoms with Crippen LogP contribution in [-0.4, -0.2) is 15.7 Å². The van der Waals surface area contributed by atoms with Gasteiger partial charge in [0.25, 0.3) is 0 Å². The fourth-order valence-corrected chi connectivity index (χ4v) is 3.29. The Kier molecular flexibility index (Phi) is 5.48. The fourth-order valence-electron chi connectivity index (χ4n) is 2.39. The number of hydrogen-bond donors (Lipinski definition) is 1. The Balaban J connectivity index is 1.68. The van der Waals surface area contributed by atoms with E-state index in [1.165, 1.54) is 0 Å². The summed E-state index contributed by atoms with van der Waals surface area (Å²) in [5.74, 6) is 0.624. The van der Waals surface area contributed by atoms with Gasteiger partial charge in [0.15, 0.2) is 0 Å². The van der Waals surface area contributed by atoms with Gasteiger partial charge in [-0.05, 0) is 35.4 Å². The van der Waals surface area contributed by atoms with Crippen molar-refractivity contribution in [2.45, 2.75) is 13.0 Å². The zero-order chi connectivity index (χ0) is 16.9. The van der Waals surface area contributed by atoms with Crippen molar-refractivity contribution >= 4 is 43.6 Å².